The lowest BCUT2D eigenvalue weighted by atomic mass is 10.1. The summed E-state index contributed by atoms with van der Waals surface area (Å²) in [7, 11) is 0. The minimum Gasteiger partial charge on any atom is -0.459 e. The zero-order valence-electron chi connectivity index (χ0n) is 21.1. The van der Waals surface area contributed by atoms with Crippen LogP contribution in [0, 0.1) is 5.82 Å². The van der Waals surface area contributed by atoms with Gasteiger partial charge in [0.25, 0.3) is 5.56 Å². The molecule has 1 saturated heterocycles. The van der Waals surface area contributed by atoms with Crippen molar-refractivity contribution < 1.29 is 18.3 Å². The second-order valence-electron chi connectivity index (χ2n) is 9.92. The number of hydrogen-bond donors (Lipinski definition) is 1. The number of esters is 1. The monoisotopic (exact) mass is 497 g/mol. The second kappa shape index (κ2) is 10.5. The fourth-order valence-electron chi connectivity index (χ4n) is 4.12. The minimum absolute atomic E-state index is 0.151. The van der Waals surface area contributed by atoms with Crippen molar-refractivity contribution in [2.24, 2.45) is 0 Å². The van der Waals surface area contributed by atoms with Crippen LogP contribution in [0.25, 0.3) is 11.5 Å². The van der Waals surface area contributed by atoms with E-state index in [4.69, 9.17) is 9.15 Å². The van der Waals surface area contributed by atoms with Crippen molar-refractivity contribution >= 4 is 17.6 Å². The molecule has 36 heavy (non-hydrogen) atoms. The van der Waals surface area contributed by atoms with E-state index in [1.165, 1.54) is 23.1 Å². The van der Waals surface area contributed by atoms with Crippen molar-refractivity contribution in [2.45, 2.75) is 65.1 Å². The molecular formula is C26H32FN5O4. The molecule has 3 aromatic rings. The molecule has 1 aliphatic heterocycles. The van der Waals surface area contributed by atoms with Gasteiger partial charge >= 0.3 is 5.97 Å². The van der Waals surface area contributed by atoms with Crippen LogP contribution < -0.4 is 15.8 Å². The van der Waals surface area contributed by atoms with Gasteiger partial charge in [-0.25, -0.2) is 14.4 Å². The molecule has 1 atom stereocenters. The predicted molar refractivity (Wildman–Crippen MR) is 134 cm³/mol. The highest BCUT2D eigenvalue weighted by atomic mass is 19.1. The molecule has 0 spiro atoms. The highest BCUT2D eigenvalue weighted by Crippen LogP contribution is 2.25. The lowest BCUT2D eigenvalue weighted by Gasteiger charge is -2.30. The molecule has 4 rings (SSSR count). The van der Waals surface area contributed by atoms with E-state index in [-0.39, 0.29) is 29.2 Å². The van der Waals surface area contributed by atoms with Gasteiger partial charge in [0.2, 0.25) is 11.8 Å². The van der Waals surface area contributed by atoms with Crippen LogP contribution in [0.2, 0.25) is 0 Å². The maximum absolute atomic E-state index is 14.1. The van der Waals surface area contributed by atoms with Crippen LogP contribution in [0.15, 0.2) is 45.9 Å². The van der Waals surface area contributed by atoms with Crippen LogP contribution in [0.4, 0.5) is 16.0 Å². The molecule has 10 heteroatoms. The number of benzene rings is 1. The average molecular weight is 498 g/mol. The Morgan fingerprint density at radius 1 is 1.22 bits per heavy atom. The summed E-state index contributed by atoms with van der Waals surface area (Å²) in [6.07, 6.45) is 6.02. The van der Waals surface area contributed by atoms with Crippen LogP contribution in [-0.2, 0) is 16.1 Å². The molecular weight excluding hydrogens is 465 g/mol. The number of aromatic nitrogens is 3. The summed E-state index contributed by atoms with van der Waals surface area (Å²) in [5.41, 5.74) is -0.106. The van der Waals surface area contributed by atoms with Gasteiger partial charge in [0.05, 0.1) is 17.8 Å². The number of halogens is 1. The van der Waals surface area contributed by atoms with Crippen molar-refractivity contribution in [3.05, 3.63) is 58.6 Å². The lowest BCUT2D eigenvalue weighted by molar-refractivity contribution is -0.155. The molecule has 0 unspecified atom stereocenters. The molecule has 0 aliphatic carbocycles. The van der Waals surface area contributed by atoms with Gasteiger partial charge in [0.1, 0.15) is 35.6 Å². The third-order valence-electron chi connectivity index (χ3n) is 5.81. The number of anilines is 2. The normalized spacial score (nSPS) is 15.0. The second-order valence-corrected chi connectivity index (χ2v) is 9.92. The van der Waals surface area contributed by atoms with Crippen molar-refractivity contribution in [1.29, 1.82) is 0 Å². The molecule has 3 heterocycles. The summed E-state index contributed by atoms with van der Waals surface area (Å²) in [5, 5.41) is 3.12. The Morgan fingerprint density at radius 2 is 1.94 bits per heavy atom. The maximum Gasteiger partial charge on any atom is 0.326 e. The number of oxazole rings is 1. The van der Waals surface area contributed by atoms with Gasteiger partial charge in [-0.3, -0.25) is 14.2 Å². The van der Waals surface area contributed by atoms with E-state index in [1.807, 2.05) is 4.90 Å². The predicted octanol–water partition coefficient (Wildman–Crippen LogP) is 4.54. The first kappa shape index (κ1) is 25.4. The van der Waals surface area contributed by atoms with E-state index in [1.54, 1.807) is 45.9 Å². The van der Waals surface area contributed by atoms with Crippen molar-refractivity contribution in [3.8, 4) is 11.5 Å². The summed E-state index contributed by atoms with van der Waals surface area (Å²) in [6, 6.07) is 5.77. The fraction of sp³-hybridized carbons (Fsp3) is 0.462. The van der Waals surface area contributed by atoms with Crippen LogP contribution >= 0.6 is 0 Å². The number of hydrogen-bond acceptors (Lipinski definition) is 8. The van der Waals surface area contributed by atoms with Crippen molar-refractivity contribution in [2.75, 3.05) is 23.3 Å². The van der Waals surface area contributed by atoms with Gasteiger partial charge in [0.15, 0.2) is 0 Å². The van der Waals surface area contributed by atoms with E-state index in [2.05, 4.69) is 15.3 Å². The summed E-state index contributed by atoms with van der Waals surface area (Å²) >= 11 is 0. The summed E-state index contributed by atoms with van der Waals surface area (Å²) < 4.78 is 26.4. The molecule has 1 fully saturated rings. The summed E-state index contributed by atoms with van der Waals surface area (Å²) in [6.45, 7) is 8.43. The minimum atomic E-state index is -0.674. The van der Waals surface area contributed by atoms with Crippen LogP contribution in [-0.4, -0.2) is 39.2 Å². The number of piperidine rings is 1. The SMILES string of the molecule is C[C@@H](Nc1cnc(N2CCCCC2)n(CC(=O)OC(C)(C)C)c1=O)c1coc(-c2ccccc2F)n1. The maximum atomic E-state index is 14.1. The van der Waals surface area contributed by atoms with Gasteiger partial charge in [-0.1, -0.05) is 12.1 Å². The van der Waals surface area contributed by atoms with E-state index in [0.717, 1.165) is 32.4 Å². The quantitative estimate of drug-likeness (QED) is 0.475. The number of carbonyl (C=O) groups excluding carboxylic acids is 1. The molecule has 1 aromatic carbocycles. The standard InChI is InChI=1S/C26H32FN5O4/c1-17(21-16-35-23(30-21)18-10-6-7-11-19(18)27)29-20-14-28-25(31-12-8-5-9-13-31)32(24(20)34)15-22(33)36-26(2,3)4/h6-7,10-11,14,16-17,29H,5,8-9,12-13,15H2,1-4H3/t17-/m1/s1. The third kappa shape index (κ3) is 5.92. The Morgan fingerprint density at radius 3 is 2.64 bits per heavy atom. The molecule has 2 aromatic heterocycles. The van der Waals surface area contributed by atoms with Crippen molar-refractivity contribution in [3.63, 3.8) is 0 Å². The lowest BCUT2D eigenvalue weighted by Crippen LogP contribution is -2.39. The Balaban J connectivity index is 1.60. The highest BCUT2D eigenvalue weighted by molar-refractivity contribution is 5.70. The summed E-state index contributed by atoms with van der Waals surface area (Å²) in [4.78, 5) is 37.1. The smallest absolute Gasteiger partial charge is 0.326 e. The molecule has 0 radical (unpaired) electrons. The van der Waals surface area contributed by atoms with E-state index >= 15 is 0 Å². The summed E-state index contributed by atoms with van der Waals surface area (Å²) in [5.74, 6) is -0.348. The molecule has 1 N–H and O–H groups in total. The Kier molecular flexibility index (Phi) is 7.42. The van der Waals surface area contributed by atoms with Crippen LogP contribution in [0.5, 0.6) is 0 Å². The third-order valence-corrected chi connectivity index (χ3v) is 5.81. The molecule has 1 aliphatic rings. The first-order valence-electron chi connectivity index (χ1n) is 12.2. The van der Waals surface area contributed by atoms with Gasteiger partial charge in [-0.05, 0) is 59.1 Å². The van der Waals surface area contributed by atoms with Gasteiger partial charge in [-0.15, -0.1) is 0 Å². The Hall–Kier alpha value is -3.69. The zero-order chi connectivity index (χ0) is 25.9. The van der Waals surface area contributed by atoms with Crippen LogP contribution in [0.1, 0.15) is 58.7 Å². The van der Waals surface area contributed by atoms with E-state index in [0.29, 0.717) is 11.6 Å². The van der Waals surface area contributed by atoms with Crippen molar-refractivity contribution in [1.82, 2.24) is 14.5 Å². The fourth-order valence-corrected chi connectivity index (χ4v) is 4.12. The topological polar surface area (TPSA) is 102 Å². The molecule has 9 nitrogen and oxygen atoms in total. The molecule has 0 bridgehead atoms. The number of ether oxygens (including phenoxy) is 1. The number of carbonyl (C=O) groups is 1. The average Bonchev–Trinajstić information content (AvgIpc) is 3.31. The largest absolute Gasteiger partial charge is 0.459 e. The van der Waals surface area contributed by atoms with Gasteiger partial charge < -0.3 is 19.4 Å². The van der Waals surface area contributed by atoms with Gasteiger partial charge in [-0.2, -0.15) is 0 Å². The Labute approximate surface area is 209 Å². The first-order valence-corrected chi connectivity index (χ1v) is 12.2. The van der Waals surface area contributed by atoms with E-state index < -0.39 is 23.4 Å². The van der Waals surface area contributed by atoms with E-state index in [9.17, 15) is 14.0 Å². The number of nitrogens with zero attached hydrogens (tertiary/aromatic N) is 4. The Bertz CT molecular complexity index is 1270. The highest BCUT2D eigenvalue weighted by Gasteiger charge is 2.24. The molecule has 0 amide bonds. The zero-order valence-corrected chi connectivity index (χ0v) is 21.1. The first-order chi connectivity index (χ1) is 17.1. The number of rotatable bonds is 7. The van der Waals surface area contributed by atoms with Gasteiger partial charge in [0, 0.05) is 13.1 Å². The number of nitrogens with one attached hydrogen (secondary N) is 1. The molecule has 192 valence electrons. The van der Waals surface area contributed by atoms with Crippen LogP contribution in [0.3, 0.4) is 0 Å². The molecule has 0 saturated carbocycles.